The van der Waals surface area contributed by atoms with E-state index >= 15 is 0 Å². The van der Waals surface area contributed by atoms with Crippen molar-refractivity contribution in [1.82, 2.24) is 9.88 Å². The van der Waals surface area contributed by atoms with Crippen molar-refractivity contribution in [3.05, 3.63) is 87.7 Å². The Bertz CT molecular complexity index is 1270. The Kier molecular flexibility index (Phi) is 6.00. The minimum absolute atomic E-state index is 0.0255. The molecule has 1 aromatic heterocycles. The molecule has 2 aromatic carbocycles. The monoisotopic (exact) mass is 463 g/mol. The molecule has 2 heterocycles. The van der Waals surface area contributed by atoms with Gasteiger partial charge >= 0.3 is 0 Å². The van der Waals surface area contributed by atoms with E-state index in [1.54, 1.807) is 6.08 Å². The van der Waals surface area contributed by atoms with Gasteiger partial charge in [-0.15, -0.1) is 0 Å². The zero-order chi connectivity index (χ0) is 23.0. The first kappa shape index (κ1) is 22.0. The van der Waals surface area contributed by atoms with E-state index in [0.717, 1.165) is 34.6 Å². The molecule has 0 bridgehead atoms. The second-order valence-electron chi connectivity index (χ2n) is 7.59. The van der Waals surface area contributed by atoms with E-state index in [9.17, 15) is 9.59 Å². The zero-order valence-electron chi connectivity index (χ0n) is 18.0. The Balaban J connectivity index is 1.75. The Labute approximate surface area is 197 Å². The average Bonchev–Trinajstić information content (AvgIpc) is 3.04. The van der Waals surface area contributed by atoms with E-state index in [4.69, 9.17) is 23.8 Å². The van der Waals surface area contributed by atoms with Crippen molar-refractivity contribution in [2.24, 2.45) is 0 Å². The highest BCUT2D eigenvalue weighted by molar-refractivity contribution is 7.80. The van der Waals surface area contributed by atoms with Crippen LogP contribution in [0.1, 0.15) is 29.4 Å². The molecule has 1 aliphatic rings. The Morgan fingerprint density at radius 1 is 1.06 bits per heavy atom. The van der Waals surface area contributed by atoms with Crippen LogP contribution < -0.4 is 10.2 Å². The second kappa shape index (κ2) is 8.73. The van der Waals surface area contributed by atoms with Crippen molar-refractivity contribution >= 4 is 52.5 Å². The number of aryl methyl sites for hydroxylation is 2. The number of hydrogen-bond acceptors (Lipinski definition) is 3. The molecule has 1 aliphatic heterocycles. The predicted octanol–water partition coefficient (Wildman–Crippen LogP) is 5.14. The lowest BCUT2D eigenvalue weighted by atomic mass is 10.1. The lowest BCUT2D eigenvalue weighted by molar-refractivity contribution is -0.122. The van der Waals surface area contributed by atoms with Crippen LogP contribution in [0.3, 0.4) is 0 Å². The quantitative estimate of drug-likeness (QED) is 0.331. The normalized spacial score (nSPS) is 15.4. The van der Waals surface area contributed by atoms with Crippen molar-refractivity contribution in [1.29, 1.82) is 0 Å². The van der Waals surface area contributed by atoms with Crippen LogP contribution in [0, 0.1) is 13.8 Å². The van der Waals surface area contributed by atoms with Crippen molar-refractivity contribution in [3.8, 4) is 5.69 Å². The number of nitrogens with one attached hydrogen (secondary N) is 1. The fourth-order valence-corrected chi connectivity index (χ4v) is 4.37. The highest BCUT2D eigenvalue weighted by atomic mass is 35.5. The van der Waals surface area contributed by atoms with E-state index in [2.05, 4.69) is 12.2 Å². The molecule has 1 N–H and O–H groups in total. The van der Waals surface area contributed by atoms with Gasteiger partial charge in [-0.25, -0.2) is 0 Å². The summed E-state index contributed by atoms with van der Waals surface area (Å²) in [6.45, 7) is 5.95. The maximum Gasteiger partial charge on any atom is 0.270 e. The van der Waals surface area contributed by atoms with E-state index in [0.29, 0.717) is 10.7 Å². The summed E-state index contributed by atoms with van der Waals surface area (Å²) in [6, 6.07) is 17.0. The van der Waals surface area contributed by atoms with Gasteiger partial charge < -0.3 is 4.57 Å². The van der Waals surface area contributed by atoms with Crippen LogP contribution in [-0.2, 0) is 16.0 Å². The smallest absolute Gasteiger partial charge is 0.270 e. The summed E-state index contributed by atoms with van der Waals surface area (Å²) in [6.07, 6.45) is 2.50. The van der Waals surface area contributed by atoms with Gasteiger partial charge in [0.1, 0.15) is 5.57 Å². The number of hydrogen-bond donors (Lipinski definition) is 1. The molecule has 0 unspecified atom stereocenters. The van der Waals surface area contributed by atoms with Gasteiger partial charge in [-0.2, -0.15) is 0 Å². The molecule has 0 atom stereocenters. The Hall–Kier alpha value is -3.22. The lowest BCUT2D eigenvalue weighted by Crippen LogP contribution is -2.54. The number of rotatable bonds is 4. The third kappa shape index (κ3) is 3.87. The summed E-state index contributed by atoms with van der Waals surface area (Å²) < 4.78 is 2.01. The van der Waals surface area contributed by atoms with Gasteiger partial charge in [0.25, 0.3) is 11.8 Å². The molecule has 1 saturated heterocycles. The largest absolute Gasteiger partial charge is 0.316 e. The summed E-state index contributed by atoms with van der Waals surface area (Å²) in [5.74, 6) is -0.963. The van der Waals surface area contributed by atoms with E-state index in [1.165, 1.54) is 4.90 Å². The van der Waals surface area contributed by atoms with E-state index in [1.807, 2.05) is 73.0 Å². The maximum atomic E-state index is 13.3. The van der Waals surface area contributed by atoms with Gasteiger partial charge in [0.15, 0.2) is 5.11 Å². The molecule has 32 heavy (non-hydrogen) atoms. The standard InChI is InChI=1S/C25H22ClN3O2S/c1-4-17-9-11-19(12-10-17)29-24(31)20(23(30)27-25(29)32)14-18-13-15(2)28(16(18)3)22-8-6-5-7-21(22)26/h5-14H,4H2,1-3H3,(H,27,30,32). The van der Waals surface area contributed by atoms with Crippen LogP contribution in [0.2, 0.25) is 5.02 Å². The first-order valence-electron chi connectivity index (χ1n) is 10.3. The van der Waals surface area contributed by atoms with Crippen molar-refractivity contribution in [2.75, 3.05) is 4.90 Å². The molecule has 4 rings (SSSR count). The Morgan fingerprint density at radius 3 is 2.41 bits per heavy atom. The summed E-state index contributed by atoms with van der Waals surface area (Å²) in [7, 11) is 0. The number of carbonyl (C=O) groups is 2. The zero-order valence-corrected chi connectivity index (χ0v) is 19.6. The van der Waals surface area contributed by atoms with Gasteiger partial charge in [0, 0.05) is 11.4 Å². The molecule has 0 aliphatic carbocycles. The van der Waals surface area contributed by atoms with Crippen molar-refractivity contribution in [2.45, 2.75) is 27.2 Å². The molecule has 0 saturated carbocycles. The minimum Gasteiger partial charge on any atom is -0.316 e. The first-order valence-corrected chi connectivity index (χ1v) is 11.0. The number of anilines is 1. The highest BCUT2D eigenvalue weighted by Gasteiger charge is 2.34. The molecular formula is C25H22ClN3O2S. The summed E-state index contributed by atoms with van der Waals surface area (Å²) in [4.78, 5) is 27.4. The van der Waals surface area contributed by atoms with Gasteiger partial charge in [0.05, 0.1) is 16.4 Å². The molecular weight excluding hydrogens is 442 g/mol. The van der Waals surface area contributed by atoms with Crippen molar-refractivity contribution in [3.63, 3.8) is 0 Å². The van der Waals surface area contributed by atoms with Crippen LogP contribution in [0.25, 0.3) is 11.8 Å². The number of carbonyl (C=O) groups excluding carboxylic acids is 2. The van der Waals surface area contributed by atoms with Gasteiger partial charge in [-0.1, -0.05) is 42.8 Å². The van der Waals surface area contributed by atoms with Gasteiger partial charge in [-0.3, -0.25) is 19.8 Å². The predicted molar refractivity (Wildman–Crippen MR) is 132 cm³/mol. The number of benzene rings is 2. The summed E-state index contributed by atoms with van der Waals surface area (Å²) >= 11 is 11.7. The fraction of sp³-hybridized carbons (Fsp3) is 0.160. The molecule has 162 valence electrons. The van der Waals surface area contributed by atoms with Gasteiger partial charge in [0.2, 0.25) is 0 Å². The van der Waals surface area contributed by atoms with Crippen LogP contribution in [-0.4, -0.2) is 21.5 Å². The SMILES string of the molecule is CCc1ccc(N2C(=O)C(=Cc3cc(C)n(-c4ccccc4Cl)c3C)C(=O)NC2=S)cc1. The number of halogens is 1. The van der Waals surface area contributed by atoms with E-state index < -0.39 is 11.8 Å². The van der Waals surface area contributed by atoms with Crippen LogP contribution >= 0.6 is 23.8 Å². The molecule has 1 fully saturated rings. The molecule has 2 amide bonds. The maximum absolute atomic E-state index is 13.3. The number of nitrogens with zero attached hydrogens (tertiary/aromatic N) is 2. The van der Waals surface area contributed by atoms with Crippen LogP contribution in [0.15, 0.2) is 60.2 Å². The van der Waals surface area contributed by atoms with Crippen LogP contribution in [0.4, 0.5) is 5.69 Å². The number of para-hydroxylation sites is 1. The number of aromatic nitrogens is 1. The third-order valence-corrected chi connectivity index (χ3v) is 6.17. The molecule has 5 nitrogen and oxygen atoms in total. The van der Waals surface area contributed by atoms with Crippen molar-refractivity contribution < 1.29 is 9.59 Å². The van der Waals surface area contributed by atoms with Gasteiger partial charge in [-0.05, 0) is 80.0 Å². The first-order chi connectivity index (χ1) is 15.3. The molecule has 0 spiro atoms. The molecule has 7 heteroatoms. The van der Waals surface area contributed by atoms with Crippen LogP contribution in [0.5, 0.6) is 0 Å². The highest BCUT2D eigenvalue weighted by Crippen LogP contribution is 2.29. The summed E-state index contributed by atoms with van der Waals surface area (Å²) in [5, 5.41) is 3.33. The fourth-order valence-electron chi connectivity index (χ4n) is 3.87. The Morgan fingerprint density at radius 2 is 1.75 bits per heavy atom. The minimum atomic E-state index is -0.510. The number of thiocarbonyl (C=S) groups is 1. The average molecular weight is 464 g/mol. The topological polar surface area (TPSA) is 54.3 Å². The second-order valence-corrected chi connectivity index (χ2v) is 8.39. The molecule has 3 aromatic rings. The van der Waals surface area contributed by atoms with E-state index in [-0.39, 0.29) is 10.7 Å². The lowest BCUT2D eigenvalue weighted by Gasteiger charge is -2.29. The summed E-state index contributed by atoms with van der Waals surface area (Å²) in [5.41, 5.74) is 5.20. The number of amides is 2. The third-order valence-electron chi connectivity index (χ3n) is 5.57. The molecule has 0 radical (unpaired) electrons.